The maximum absolute atomic E-state index is 12.7. The number of fused-ring (bicyclic) bond motifs is 1. The summed E-state index contributed by atoms with van der Waals surface area (Å²) in [6, 6.07) is 7.35. The third-order valence-electron chi connectivity index (χ3n) is 4.38. The number of halogens is 1. The molecule has 0 fully saturated rings. The molecule has 1 amide bonds. The van der Waals surface area contributed by atoms with Crippen LogP contribution in [0.3, 0.4) is 0 Å². The Morgan fingerprint density at radius 2 is 1.82 bits per heavy atom. The summed E-state index contributed by atoms with van der Waals surface area (Å²) in [5.74, 6) is -0.0968. The second-order valence-electron chi connectivity index (χ2n) is 6.60. The van der Waals surface area contributed by atoms with E-state index in [0.717, 1.165) is 18.4 Å². The van der Waals surface area contributed by atoms with Crippen LogP contribution in [0.2, 0.25) is 5.02 Å². The van der Waals surface area contributed by atoms with E-state index in [9.17, 15) is 9.59 Å². The summed E-state index contributed by atoms with van der Waals surface area (Å²) < 4.78 is 2.86. The maximum atomic E-state index is 12.7. The minimum Gasteiger partial charge on any atom is -0.341 e. The van der Waals surface area contributed by atoms with E-state index in [4.69, 9.17) is 11.6 Å². The number of hydrogen-bond donors (Lipinski definition) is 0. The first-order valence-corrected chi connectivity index (χ1v) is 9.72. The lowest BCUT2D eigenvalue weighted by molar-refractivity contribution is -0.132. The number of amides is 1. The largest absolute Gasteiger partial charge is 0.341 e. The van der Waals surface area contributed by atoms with Crippen molar-refractivity contribution in [2.45, 2.75) is 39.8 Å². The molecule has 0 saturated heterocycles. The van der Waals surface area contributed by atoms with Crippen LogP contribution in [0.15, 0.2) is 35.4 Å². The summed E-state index contributed by atoms with van der Waals surface area (Å²) in [7, 11) is 0. The predicted molar refractivity (Wildman–Crippen MR) is 107 cm³/mol. The third kappa shape index (κ3) is 4.39. The predicted octanol–water partition coefficient (Wildman–Crippen LogP) is 2.34. The van der Waals surface area contributed by atoms with E-state index in [1.165, 1.54) is 10.9 Å². The molecule has 0 saturated carbocycles. The van der Waals surface area contributed by atoms with Crippen molar-refractivity contribution in [3.63, 3.8) is 0 Å². The number of benzene rings is 1. The Labute approximate surface area is 167 Å². The summed E-state index contributed by atoms with van der Waals surface area (Å²) in [5, 5.41) is 8.69. The summed E-state index contributed by atoms with van der Waals surface area (Å²) in [6.07, 6.45) is 3.13. The first-order valence-electron chi connectivity index (χ1n) is 9.34. The van der Waals surface area contributed by atoms with Gasteiger partial charge in [-0.3, -0.25) is 14.2 Å². The van der Waals surface area contributed by atoms with Gasteiger partial charge in [-0.2, -0.15) is 0 Å². The smallest absolute Gasteiger partial charge is 0.283 e. The Hall–Kier alpha value is -2.74. The zero-order valence-corrected chi connectivity index (χ0v) is 16.8. The molecule has 0 spiro atoms. The molecule has 0 aliphatic heterocycles. The molecule has 8 nitrogen and oxygen atoms in total. The van der Waals surface area contributed by atoms with Gasteiger partial charge >= 0.3 is 0 Å². The van der Waals surface area contributed by atoms with Crippen molar-refractivity contribution in [2.24, 2.45) is 0 Å². The lowest BCUT2D eigenvalue weighted by atomic mass is 10.2. The first kappa shape index (κ1) is 20.0. The van der Waals surface area contributed by atoms with Crippen LogP contribution in [0.25, 0.3) is 11.2 Å². The van der Waals surface area contributed by atoms with E-state index in [1.807, 2.05) is 26.0 Å². The van der Waals surface area contributed by atoms with Crippen molar-refractivity contribution < 1.29 is 4.79 Å². The zero-order chi connectivity index (χ0) is 20.1. The van der Waals surface area contributed by atoms with Gasteiger partial charge in [0.05, 0.1) is 6.54 Å². The highest BCUT2D eigenvalue weighted by Gasteiger charge is 2.17. The summed E-state index contributed by atoms with van der Waals surface area (Å²) in [4.78, 5) is 31.4. The molecular formula is C19H23ClN6O2. The number of nitrogens with zero attached hydrogens (tertiary/aromatic N) is 6. The molecule has 0 aliphatic carbocycles. The van der Waals surface area contributed by atoms with Gasteiger partial charge in [0, 0.05) is 18.1 Å². The standard InChI is InChI=1S/C19H23ClN6O2/c1-3-9-24(10-4-2)16(27)12-25-13-21-18-17(19(25)28)22-23-26(18)11-14-5-7-15(20)8-6-14/h5-8,13H,3-4,9-12H2,1-2H3. The van der Waals surface area contributed by atoms with E-state index >= 15 is 0 Å². The molecule has 3 rings (SSSR count). The molecule has 28 heavy (non-hydrogen) atoms. The zero-order valence-electron chi connectivity index (χ0n) is 16.0. The number of rotatable bonds is 8. The molecule has 0 atom stereocenters. The van der Waals surface area contributed by atoms with Crippen LogP contribution in [-0.2, 0) is 17.9 Å². The number of carbonyl (C=O) groups excluding carboxylic acids is 1. The van der Waals surface area contributed by atoms with Gasteiger partial charge in [0.2, 0.25) is 5.91 Å². The van der Waals surface area contributed by atoms with Crippen LogP contribution in [0.4, 0.5) is 0 Å². The third-order valence-corrected chi connectivity index (χ3v) is 4.63. The van der Waals surface area contributed by atoms with Crippen molar-refractivity contribution in [2.75, 3.05) is 13.1 Å². The minimum atomic E-state index is -0.367. The van der Waals surface area contributed by atoms with E-state index in [0.29, 0.717) is 30.3 Å². The van der Waals surface area contributed by atoms with E-state index in [1.54, 1.807) is 21.7 Å². The average molecular weight is 403 g/mol. The van der Waals surface area contributed by atoms with Gasteiger partial charge < -0.3 is 4.90 Å². The molecule has 9 heteroatoms. The Kier molecular flexibility index (Phi) is 6.41. The summed E-state index contributed by atoms with van der Waals surface area (Å²) >= 11 is 5.91. The second kappa shape index (κ2) is 8.97. The summed E-state index contributed by atoms with van der Waals surface area (Å²) in [5.41, 5.74) is 1.14. The minimum absolute atomic E-state index is 0.0498. The molecule has 0 radical (unpaired) electrons. The fourth-order valence-corrected chi connectivity index (χ4v) is 3.14. The highest BCUT2D eigenvalue weighted by molar-refractivity contribution is 6.30. The van der Waals surface area contributed by atoms with E-state index in [-0.39, 0.29) is 23.5 Å². The molecular weight excluding hydrogens is 380 g/mol. The average Bonchev–Trinajstić information content (AvgIpc) is 3.09. The second-order valence-corrected chi connectivity index (χ2v) is 7.04. The molecule has 148 valence electrons. The van der Waals surface area contributed by atoms with Crippen LogP contribution in [0.1, 0.15) is 32.3 Å². The van der Waals surface area contributed by atoms with Gasteiger partial charge in [-0.25, -0.2) is 9.67 Å². The van der Waals surface area contributed by atoms with E-state index in [2.05, 4.69) is 15.3 Å². The Morgan fingerprint density at radius 1 is 1.14 bits per heavy atom. The van der Waals surface area contributed by atoms with Gasteiger partial charge in [0.25, 0.3) is 5.56 Å². The molecule has 2 heterocycles. The van der Waals surface area contributed by atoms with Gasteiger partial charge in [-0.1, -0.05) is 42.8 Å². The Morgan fingerprint density at radius 3 is 2.46 bits per heavy atom. The van der Waals surface area contributed by atoms with Gasteiger partial charge in [-0.15, -0.1) is 5.10 Å². The van der Waals surface area contributed by atoms with Crippen LogP contribution in [0, 0.1) is 0 Å². The normalized spacial score (nSPS) is 11.1. The SMILES string of the molecule is CCCN(CCC)C(=O)Cn1cnc2c(nnn2Cc2ccc(Cl)cc2)c1=O. The van der Waals surface area contributed by atoms with E-state index < -0.39 is 0 Å². The fourth-order valence-electron chi connectivity index (χ4n) is 3.02. The fraction of sp³-hybridized carbons (Fsp3) is 0.421. The highest BCUT2D eigenvalue weighted by Crippen LogP contribution is 2.12. The Bertz CT molecular complexity index is 1010. The van der Waals surface area contributed by atoms with Crippen LogP contribution in [0.5, 0.6) is 0 Å². The van der Waals surface area contributed by atoms with Crippen LogP contribution >= 0.6 is 11.6 Å². The van der Waals surface area contributed by atoms with Gasteiger partial charge in [0.1, 0.15) is 12.9 Å². The number of aromatic nitrogens is 5. The van der Waals surface area contributed by atoms with Crippen LogP contribution < -0.4 is 5.56 Å². The van der Waals surface area contributed by atoms with Crippen LogP contribution in [-0.4, -0.2) is 48.4 Å². The molecule has 1 aromatic carbocycles. The lowest BCUT2D eigenvalue weighted by Gasteiger charge is -2.21. The Balaban J connectivity index is 1.83. The maximum Gasteiger partial charge on any atom is 0.283 e. The molecule has 3 aromatic rings. The quantitative estimate of drug-likeness (QED) is 0.577. The highest BCUT2D eigenvalue weighted by atomic mass is 35.5. The number of carbonyl (C=O) groups is 1. The van der Waals surface area contributed by atoms with Crippen molar-refractivity contribution in [1.29, 1.82) is 0 Å². The molecule has 0 unspecified atom stereocenters. The molecule has 2 aromatic heterocycles. The van der Waals surface area contributed by atoms with Crippen molar-refractivity contribution in [3.05, 3.63) is 51.5 Å². The summed E-state index contributed by atoms with van der Waals surface area (Å²) in [6.45, 7) is 5.77. The van der Waals surface area contributed by atoms with Crippen molar-refractivity contribution in [1.82, 2.24) is 29.4 Å². The van der Waals surface area contributed by atoms with Crippen molar-refractivity contribution >= 4 is 28.7 Å². The van der Waals surface area contributed by atoms with Gasteiger partial charge in [-0.05, 0) is 30.5 Å². The van der Waals surface area contributed by atoms with Crippen molar-refractivity contribution in [3.8, 4) is 0 Å². The number of hydrogen-bond acceptors (Lipinski definition) is 5. The monoisotopic (exact) mass is 402 g/mol. The molecule has 0 aliphatic rings. The molecule has 0 N–H and O–H groups in total. The lowest BCUT2D eigenvalue weighted by Crippen LogP contribution is -2.37. The van der Waals surface area contributed by atoms with Gasteiger partial charge in [0.15, 0.2) is 11.2 Å². The molecule has 0 bridgehead atoms. The topological polar surface area (TPSA) is 85.9 Å². The first-order chi connectivity index (χ1) is 13.5.